The number of nitrogens with one attached hydrogen (secondary N) is 1. The van der Waals surface area contributed by atoms with Gasteiger partial charge >= 0.3 is 12.3 Å². The molecular formula is C10H10F4N2O2. The maximum atomic E-state index is 12.6. The molecule has 8 heteroatoms. The number of hydrogen-bond acceptors (Lipinski definition) is 3. The van der Waals surface area contributed by atoms with Crippen molar-refractivity contribution in [3.05, 3.63) is 33.9 Å². The van der Waals surface area contributed by atoms with E-state index in [0.29, 0.717) is 0 Å². The summed E-state index contributed by atoms with van der Waals surface area (Å²) >= 11 is 0. The molecule has 0 amide bonds. The molecule has 1 aromatic rings. The number of alkyl halides is 4. The number of benzene rings is 1. The first-order chi connectivity index (χ1) is 8.24. The second-order valence-electron chi connectivity index (χ2n) is 3.67. The lowest BCUT2D eigenvalue weighted by Gasteiger charge is -2.16. The van der Waals surface area contributed by atoms with E-state index in [1.807, 2.05) is 0 Å². The van der Waals surface area contributed by atoms with Crippen molar-refractivity contribution in [3.8, 4) is 0 Å². The topological polar surface area (TPSA) is 55.2 Å². The second-order valence-corrected chi connectivity index (χ2v) is 3.67. The van der Waals surface area contributed by atoms with Gasteiger partial charge in [-0.3, -0.25) is 10.1 Å². The first kappa shape index (κ1) is 14.2. The van der Waals surface area contributed by atoms with E-state index in [0.717, 1.165) is 6.07 Å². The molecule has 4 nitrogen and oxygen atoms in total. The number of nitro benzene ring substituents is 1. The fourth-order valence-electron chi connectivity index (χ4n) is 1.27. The fraction of sp³-hybridized carbons (Fsp3) is 0.400. The lowest BCUT2D eigenvalue weighted by atomic mass is 10.2. The van der Waals surface area contributed by atoms with Gasteiger partial charge in [-0.2, -0.15) is 8.78 Å². The molecule has 18 heavy (non-hydrogen) atoms. The van der Waals surface area contributed by atoms with Crippen LogP contribution in [0, 0.1) is 17.0 Å². The van der Waals surface area contributed by atoms with Crippen LogP contribution in [0.4, 0.5) is 28.9 Å². The number of anilines is 1. The SMILES string of the molecule is Cc1cc(NCC(F)(F)C(F)F)ccc1[N+](=O)[O-]. The van der Waals surface area contributed by atoms with E-state index in [9.17, 15) is 27.7 Å². The third-order valence-electron chi connectivity index (χ3n) is 2.24. The normalized spacial score (nSPS) is 11.7. The third-order valence-corrected chi connectivity index (χ3v) is 2.24. The summed E-state index contributed by atoms with van der Waals surface area (Å²) in [5.41, 5.74) is 0.213. The Balaban J connectivity index is 2.76. The van der Waals surface area contributed by atoms with E-state index in [4.69, 9.17) is 0 Å². The van der Waals surface area contributed by atoms with Crippen LogP contribution in [0.25, 0.3) is 0 Å². The molecule has 1 N–H and O–H groups in total. The van der Waals surface area contributed by atoms with Gasteiger partial charge in [0.05, 0.1) is 11.5 Å². The number of rotatable bonds is 5. The number of nitro groups is 1. The number of hydrogen-bond donors (Lipinski definition) is 1. The van der Waals surface area contributed by atoms with Crippen LogP contribution in [0.2, 0.25) is 0 Å². The van der Waals surface area contributed by atoms with Crippen molar-refractivity contribution in [1.29, 1.82) is 0 Å². The Labute approximate surface area is 99.8 Å². The molecule has 0 aliphatic heterocycles. The number of halogens is 4. The Morgan fingerprint density at radius 1 is 1.44 bits per heavy atom. The Bertz CT molecular complexity index is 452. The zero-order valence-electron chi connectivity index (χ0n) is 9.29. The van der Waals surface area contributed by atoms with Gasteiger partial charge in [0.15, 0.2) is 0 Å². The van der Waals surface area contributed by atoms with E-state index in [1.54, 1.807) is 0 Å². The van der Waals surface area contributed by atoms with E-state index < -0.39 is 23.8 Å². The van der Waals surface area contributed by atoms with Crippen LogP contribution in [-0.2, 0) is 0 Å². The van der Waals surface area contributed by atoms with Gasteiger partial charge in [0.25, 0.3) is 5.69 Å². The number of nitrogens with zero attached hydrogens (tertiary/aromatic N) is 1. The lowest BCUT2D eigenvalue weighted by molar-refractivity contribution is -0.385. The van der Waals surface area contributed by atoms with Gasteiger partial charge in [0.2, 0.25) is 0 Å². The van der Waals surface area contributed by atoms with Gasteiger partial charge in [-0.25, -0.2) is 8.78 Å². The van der Waals surface area contributed by atoms with Gasteiger partial charge in [0, 0.05) is 17.3 Å². The molecule has 0 aromatic heterocycles. The maximum absolute atomic E-state index is 12.6. The molecule has 0 atom stereocenters. The highest BCUT2D eigenvalue weighted by molar-refractivity contribution is 5.53. The summed E-state index contributed by atoms with van der Waals surface area (Å²) in [6.07, 6.45) is -3.76. The average Bonchev–Trinajstić information content (AvgIpc) is 2.25. The molecule has 0 unspecified atom stereocenters. The highest BCUT2D eigenvalue weighted by atomic mass is 19.3. The second kappa shape index (κ2) is 5.19. The number of aryl methyl sites for hydroxylation is 1. The van der Waals surface area contributed by atoms with Crippen molar-refractivity contribution in [1.82, 2.24) is 0 Å². The van der Waals surface area contributed by atoms with Crippen molar-refractivity contribution in [2.45, 2.75) is 19.3 Å². The van der Waals surface area contributed by atoms with E-state index in [1.165, 1.54) is 19.1 Å². The summed E-state index contributed by atoms with van der Waals surface area (Å²) in [6.45, 7) is 0.191. The van der Waals surface area contributed by atoms with Gasteiger partial charge < -0.3 is 5.32 Å². The van der Waals surface area contributed by atoms with Crippen molar-refractivity contribution >= 4 is 11.4 Å². The molecule has 0 saturated carbocycles. The minimum Gasteiger partial charge on any atom is -0.379 e. The Hall–Kier alpha value is -1.86. The van der Waals surface area contributed by atoms with Gasteiger partial charge in [-0.1, -0.05) is 0 Å². The van der Waals surface area contributed by atoms with Crippen LogP contribution in [0.1, 0.15) is 5.56 Å². The molecular weight excluding hydrogens is 256 g/mol. The predicted molar refractivity (Wildman–Crippen MR) is 57.3 cm³/mol. The van der Waals surface area contributed by atoms with Crippen LogP contribution in [0.3, 0.4) is 0 Å². The van der Waals surface area contributed by atoms with E-state index >= 15 is 0 Å². The molecule has 0 fully saturated rings. The highest BCUT2D eigenvalue weighted by Gasteiger charge is 2.40. The zero-order valence-corrected chi connectivity index (χ0v) is 9.29. The quantitative estimate of drug-likeness (QED) is 0.505. The summed E-state index contributed by atoms with van der Waals surface area (Å²) < 4.78 is 49.0. The largest absolute Gasteiger partial charge is 0.379 e. The van der Waals surface area contributed by atoms with Crippen molar-refractivity contribution in [2.24, 2.45) is 0 Å². The molecule has 1 rings (SSSR count). The molecule has 0 bridgehead atoms. The van der Waals surface area contributed by atoms with Crippen LogP contribution in [-0.4, -0.2) is 23.8 Å². The molecule has 100 valence electrons. The molecule has 0 radical (unpaired) electrons. The Kier molecular flexibility index (Phi) is 4.10. The van der Waals surface area contributed by atoms with Gasteiger partial charge in [-0.05, 0) is 19.1 Å². The predicted octanol–water partition coefficient (Wildman–Crippen LogP) is 3.22. The van der Waals surface area contributed by atoms with Crippen molar-refractivity contribution in [2.75, 3.05) is 11.9 Å². The standard InChI is InChI=1S/C10H10F4N2O2/c1-6-4-7(2-3-8(6)16(17)18)15-5-10(13,14)9(11)12/h2-4,9,15H,5H2,1H3. The van der Waals surface area contributed by atoms with Gasteiger partial charge in [-0.15, -0.1) is 0 Å². The van der Waals surface area contributed by atoms with Gasteiger partial charge in [0.1, 0.15) is 0 Å². The first-order valence-corrected chi connectivity index (χ1v) is 4.89. The molecule has 0 spiro atoms. The van der Waals surface area contributed by atoms with Crippen molar-refractivity contribution in [3.63, 3.8) is 0 Å². The molecule has 0 saturated heterocycles. The fourth-order valence-corrected chi connectivity index (χ4v) is 1.27. The molecule has 0 heterocycles. The summed E-state index contributed by atoms with van der Waals surface area (Å²) in [5.74, 6) is -4.14. The molecule has 1 aromatic carbocycles. The molecule has 0 aliphatic rings. The minimum absolute atomic E-state index is 0.124. The minimum atomic E-state index is -4.14. The summed E-state index contributed by atoms with van der Waals surface area (Å²) in [7, 11) is 0. The lowest BCUT2D eigenvalue weighted by Crippen LogP contribution is -2.34. The van der Waals surface area contributed by atoms with Crippen LogP contribution in [0.5, 0.6) is 0 Å². The summed E-state index contributed by atoms with van der Waals surface area (Å²) in [5, 5.41) is 12.6. The first-order valence-electron chi connectivity index (χ1n) is 4.89. The molecule has 0 aliphatic carbocycles. The smallest absolute Gasteiger partial charge is 0.324 e. The van der Waals surface area contributed by atoms with Crippen molar-refractivity contribution < 1.29 is 22.5 Å². The Morgan fingerprint density at radius 2 is 2.06 bits per heavy atom. The summed E-state index contributed by atoms with van der Waals surface area (Å²) in [6, 6.07) is 3.56. The maximum Gasteiger partial charge on any atom is 0.324 e. The van der Waals surface area contributed by atoms with E-state index in [-0.39, 0.29) is 16.9 Å². The van der Waals surface area contributed by atoms with Crippen LogP contribution in [0.15, 0.2) is 18.2 Å². The third kappa shape index (κ3) is 3.31. The average molecular weight is 266 g/mol. The van der Waals surface area contributed by atoms with Crippen LogP contribution < -0.4 is 5.32 Å². The Morgan fingerprint density at radius 3 is 2.50 bits per heavy atom. The van der Waals surface area contributed by atoms with Crippen LogP contribution >= 0.6 is 0 Å². The monoisotopic (exact) mass is 266 g/mol. The highest BCUT2D eigenvalue weighted by Crippen LogP contribution is 2.25. The van der Waals surface area contributed by atoms with E-state index in [2.05, 4.69) is 5.32 Å². The zero-order chi connectivity index (χ0) is 13.9. The summed E-state index contributed by atoms with van der Waals surface area (Å²) in [4.78, 5) is 9.89.